The molecular weight excluding hydrogens is 342 g/mol. The van der Waals surface area contributed by atoms with Crippen molar-refractivity contribution in [2.45, 2.75) is 18.2 Å². The van der Waals surface area contributed by atoms with Crippen molar-refractivity contribution >= 4 is 34.0 Å². The van der Waals surface area contributed by atoms with Crippen molar-refractivity contribution in [2.24, 2.45) is 0 Å². The summed E-state index contributed by atoms with van der Waals surface area (Å²) >= 11 is 3.08. The van der Waals surface area contributed by atoms with Crippen LogP contribution in [0.5, 0.6) is 0 Å². The summed E-state index contributed by atoms with van der Waals surface area (Å²) in [6.45, 7) is 2.30. The molecule has 0 aliphatic carbocycles. The number of aromatic nitrogens is 2. The van der Waals surface area contributed by atoms with Crippen molar-refractivity contribution in [3.63, 3.8) is 0 Å². The van der Waals surface area contributed by atoms with Crippen molar-refractivity contribution in [1.29, 1.82) is 0 Å². The van der Waals surface area contributed by atoms with Gasteiger partial charge in [-0.2, -0.15) is 0 Å². The molecule has 7 heteroatoms. The van der Waals surface area contributed by atoms with E-state index in [4.69, 9.17) is 0 Å². The molecule has 0 aliphatic heterocycles. The number of benzene rings is 1. The lowest BCUT2D eigenvalue weighted by Crippen LogP contribution is -2.32. The van der Waals surface area contributed by atoms with Crippen LogP contribution in [0, 0.1) is 6.92 Å². The molecule has 0 spiro atoms. The van der Waals surface area contributed by atoms with Gasteiger partial charge in [0.15, 0.2) is 4.96 Å². The van der Waals surface area contributed by atoms with E-state index >= 15 is 0 Å². The lowest BCUT2D eigenvalue weighted by Gasteiger charge is -2.06. The Morgan fingerprint density at radius 2 is 2.08 bits per heavy atom. The summed E-state index contributed by atoms with van der Waals surface area (Å²) in [6, 6.07) is 8.22. The number of nitrogens with one attached hydrogen (secondary N) is 1. The van der Waals surface area contributed by atoms with E-state index in [-0.39, 0.29) is 17.0 Å². The van der Waals surface area contributed by atoms with Crippen LogP contribution in [0.15, 0.2) is 45.5 Å². The molecule has 0 saturated heterocycles. The quantitative estimate of drug-likeness (QED) is 0.712. The highest BCUT2D eigenvalue weighted by Crippen LogP contribution is 2.15. The maximum absolute atomic E-state index is 12.4. The number of amides is 1. The molecule has 0 atom stereocenters. The first kappa shape index (κ1) is 16.7. The standard InChI is InChI=1S/C17H17N3O2S2/c1-11-10-24-17-19-9-14(16(22)20(11)17)15(21)18-8-7-12-3-5-13(23-2)6-4-12/h3-6,9-10H,7-8H2,1-2H3,(H,18,21). The Hall–Kier alpha value is -2.12. The van der Waals surface area contributed by atoms with Crippen molar-refractivity contribution in [3.05, 3.63) is 63.0 Å². The van der Waals surface area contributed by atoms with Crippen molar-refractivity contribution in [3.8, 4) is 0 Å². The number of hydrogen-bond donors (Lipinski definition) is 1. The average molecular weight is 359 g/mol. The monoisotopic (exact) mass is 359 g/mol. The minimum absolute atomic E-state index is 0.0757. The van der Waals surface area contributed by atoms with Gasteiger partial charge in [0.05, 0.1) is 0 Å². The van der Waals surface area contributed by atoms with Gasteiger partial charge in [0.2, 0.25) is 0 Å². The van der Waals surface area contributed by atoms with Crippen LogP contribution >= 0.6 is 23.1 Å². The summed E-state index contributed by atoms with van der Waals surface area (Å²) in [4.78, 5) is 30.7. The first-order valence-electron chi connectivity index (χ1n) is 7.47. The number of fused-ring (bicyclic) bond motifs is 1. The summed E-state index contributed by atoms with van der Waals surface area (Å²) in [7, 11) is 0. The maximum atomic E-state index is 12.4. The summed E-state index contributed by atoms with van der Waals surface area (Å²) in [5, 5.41) is 4.65. The lowest BCUT2D eigenvalue weighted by molar-refractivity contribution is 0.0952. The van der Waals surface area contributed by atoms with Gasteiger partial charge < -0.3 is 5.32 Å². The Morgan fingerprint density at radius 1 is 1.33 bits per heavy atom. The molecule has 2 heterocycles. The zero-order valence-electron chi connectivity index (χ0n) is 13.4. The fourth-order valence-corrected chi connectivity index (χ4v) is 3.62. The second kappa shape index (κ2) is 7.19. The largest absolute Gasteiger partial charge is 0.351 e. The molecule has 0 unspecified atom stereocenters. The molecule has 1 aromatic carbocycles. The Kier molecular flexibility index (Phi) is 5.01. The van der Waals surface area contributed by atoms with Crippen LogP contribution in [0.3, 0.4) is 0 Å². The molecule has 0 aliphatic rings. The minimum Gasteiger partial charge on any atom is -0.351 e. The van der Waals surface area contributed by atoms with Gasteiger partial charge in [-0.3, -0.25) is 14.0 Å². The molecule has 3 rings (SSSR count). The van der Waals surface area contributed by atoms with Crippen LogP contribution in [0.25, 0.3) is 4.96 Å². The SMILES string of the molecule is CSc1ccc(CCNC(=O)c2cnc3scc(C)n3c2=O)cc1. The van der Waals surface area contributed by atoms with E-state index in [9.17, 15) is 9.59 Å². The first-order chi connectivity index (χ1) is 11.6. The molecule has 1 amide bonds. The van der Waals surface area contributed by atoms with Gasteiger partial charge in [0.1, 0.15) is 5.56 Å². The number of carbonyl (C=O) groups excluding carboxylic acids is 1. The molecule has 3 aromatic rings. The Morgan fingerprint density at radius 3 is 2.79 bits per heavy atom. The summed E-state index contributed by atoms with van der Waals surface area (Å²) in [6.07, 6.45) is 4.11. The molecule has 24 heavy (non-hydrogen) atoms. The maximum Gasteiger partial charge on any atom is 0.271 e. The van der Waals surface area contributed by atoms with Gasteiger partial charge in [-0.1, -0.05) is 12.1 Å². The van der Waals surface area contributed by atoms with Crippen LogP contribution < -0.4 is 10.9 Å². The number of carbonyl (C=O) groups is 1. The van der Waals surface area contributed by atoms with Crippen LogP contribution in [-0.4, -0.2) is 28.1 Å². The smallest absolute Gasteiger partial charge is 0.271 e. The molecule has 0 bridgehead atoms. The minimum atomic E-state index is -0.381. The normalized spacial score (nSPS) is 10.9. The van der Waals surface area contributed by atoms with Gasteiger partial charge >= 0.3 is 0 Å². The van der Waals surface area contributed by atoms with Gasteiger partial charge in [0, 0.05) is 28.7 Å². The summed E-state index contributed by atoms with van der Waals surface area (Å²) in [5.41, 5.74) is 1.69. The van der Waals surface area contributed by atoms with Gasteiger partial charge in [-0.05, 0) is 37.3 Å². The molecule has 0 fully saturated rings. The highest BCUT2D eigenvalue weighted by Gasteiger charge is 2.14. The van der Waals surface area contributed by atoms with E-state index < -0.39 is 0 Å². The highest BCUT2D eigenvalue weighted by atomic mass is 32.2. The second-order valence-electron chi connectivity index (χ2n) is 5.33. The van der Waals surface area contributed by atoms with Gasteiger partial charge in [0.25, 0.3) is 11.5 Å². The van der Waals surface area contributed by atoms with E-state index in [0.29, 0.717) is 11.5 Å². The summed E-state index contributed by atoms with van der Waals surface area (Å²) < 4.78 is 1.47. The van der Waals surface area contributed by atoms with Crippen molar-refractivity contribution in [2.75, 3.05) is 12.8 Å². The van der Waals surface area contributed by atoms with E-state index in [1.165, 1.54) is 26.8 Å². The third-order valence-electron chi connectivity index (χ3n) is 3.72. The molecule has 5 nitrogen and oxygen atoms in total. The van der Waals surface area contributed by atoms with Crippen molar-refractivity contribution < 1.29 is 4.79 Å². The second-order valence-corrected chi connectivity index (χ2v) is 7.04. The number of aryl methyl sites for hydroxylation is 1. The van der Waals surface area contributed by atoms with E-state index in [1.807, 2.05) is 18.6 Å². The Balaban J connectivity index is 1.67. The third-order valence-corrected chi connectivity index (χ3v) is 5.42. The van der Waals surface area contributed by atoms with Crippen LogP contribution in [0.4, 0.5) is 0 Å². The number of thioether (sulfide) groups is 1. The molecular formula is C17H17N3O2S2. The van der Waals surface area contributed by atoms with Crippen LogP contribution in [0.2, 0.25) is 0 Å². The highest BCUT2D eigenvalue weighted by molar-refractivity contribution is 7.98. The number of rotatable bonds is 5. The van der Waals surface area contributed by atoms with E-state index in [2.05, 4.69) is 34.6 Å². The topological polar surface area (TPSA) is 63.5 Å². The van der Waals surface area contributed by atoms with Crippen LogP contribution in [0.1, 0.15) is 21.6 Å². The zero-order valence-corrected chi connectivity index (χ0v) is 15.0. The number of nitrogens with zero attached hydrogens (tertiary/aromatic N) is 2. The van der Waals surface area contributed by atoms with E-state index in [0.717, 1.165) is 17.7 Å². The average Bonchev–Trinajstić information content (AvgIpc) is 2.97. The third kappa shape index (κ3) is 3.37. The molecule has 124 valence electrons. The molecule has 0 radical (unpaired) electrons. The van der Waals surface area contributed by atoms with Gasteiger partial charge in [-0.15, -0.1) is 23.1 Å². The Bertz CT molecular complexity index is 929. The van der Waals surface area contributed by atoms with Crippen LogP contribution in [-0.2, 0) is 6.42 Å². The number of thiazole rings is 1. The predicted octanol–water partition coefficient (Wildman–Crippen LogP) is 2.76. The fraction of sp³-hybridized carbons (Fsp3) is 0.235. The lowest BCUT2D eigenvalue weighted by atomic mass is 10.1. The zero-order chi connectivity index (χ0) is 17.1. The fourth-order valence-electron chi connectivity index (χ4n) is 2.39. The Labute approximate surface area is 147 Å². The first-order valence-corrected chi connectivity index (χ1v) is 9.57. The van der Waals surface area contributed by atoms with Crippen molar-refractivity contribution in [1.82, 2.24) is 14.7 Å². The molecule has 1 N–H and O–H groups in total. The van der Waals surface area contributed by atoms with E-state index in [1.54, 1.807) is 11.8 Å². The predicted molar refractivity (Wildman–Crippen MR) is 98.3 cm³/mol. The molecule has 0 saturated carbocycles. The number of hydrogen-bond acceptors (Lipinski definition) is 5. The van der Waals surface area contributed by atoms with Gasteiger partial charge in [-0.25, -0.2) is 4.98 Å². The summed E-state index contributed by atoms with van der Waals surface area (Å²) in [5.74, 6) is -0.381. The molecule has 2 aromatic heterocycles.